The van der Waals surface area contributed by atoms with Crippen molar-refractivity contribution in [3.63, 3.8) is 0 Å². The van der Waals surface area contributed by atoms with Crippen LogP contribution in [0.3, 0.4) is 0 Å². The van der Waals surface area contributed by atoms with Crippen LogP contribution < -0.4 is 5.32 Å². The molecule has 0 bridgehead atoms. The topological polar surface area (TPSA) is 75.6 Å². The summed E-state index contributed by atoms with van der Waals surface area (Å²) >= 11 is 0. The highest BCUT2D eigenvalue weighted by Crippen LogP contribution is 2.04. The summed E-state index contributed by atoms with van der Waals surface area (Å²) in [6.45, 7) is 4.15. The van der Waals surface area contributed by atoms with Crippen molar-refractivity contribution in [3.8, 4) is 0 Å². The highest BCUT2D eigenvalue weighted by atomic mass is 16.5. The fourth-order valence-corrected chi connectivity index (χ4v) is 1.12. The molecule has 0 heterocycles. The number of carbonyl (C=O) groups excluding carboxylic acids is 1. The van der Waals surface area contributed by atoms with Crippen molar-refractivity contribution in [3.05, 3.63) is 0 Å². The second kappa shape index (κ2) is 8.23. The second-order valence-electron chi connectivity index (χ2n) is 3.37. The minimum absolute atomic E-state index is 0.188. The van der Waals surface area contributed by atoms with Gasteiger partial charge in [0.05, 0.1) is 0 Å². The molecule has 0 saturated carbocycles. The van der Waals surface area contributed by atoms with Crippen LogP contribution in [-0.4, -0.2) is 36.7 Å². The summed E-state index contributed by atoms with van der Waals surface area (Å²) in [4.78, 5) is 21.2. The Labute approximate surface area is 89.8 Å². The average Bonchev–Trinajstić information content (AvgIpc) is 2.18. The Morgan fingerprint density at radius 2 is 1.87 bits per heavy atom. The standard InChI is InChI=1S/C10H19NO4/c1-3-8(4-2)5-11-9(12)6-15-7-10(13)14/h8H,3-7H2,1-2H3,(H,11,12)(H,13,14). The Bertz CT molecular complexity index is 202. The molecule has 2 N–H and O–H groups in total. The minimum Gasteiger partial charge on any atom is -0.480 e. The third-order valence-corrected chi connectivity index (χ3v) is 2.20. The number of nitrogens with one attached hydrogen (secondary N) is 1. The Morgan fingerprint density at radius 1 is 1.27 bits per heavy atom. The van der Waals surface area contributed by atoms with Crippen molar-refractivity contribution in [2.45, 2.75) is 26.7 Å². The molecule has 0 aliphatic heterocycles. The van der Waals surface area contributed by atoms with Gasteiger partial charge in [0.15, 0.2) is 0 Å². The molecule has 0 aliphatic carbocycles. The first kappa shape index (κ1) is 13.9. The Balaban J connectivity index is 3.52. The van der Waals surface area contributed by atoms with Gasteiger partial charge in [0.1, 0.15) is 13.2 Å². The summed E-state index contributed by atoms with van der Waals surface area (Å²) in [5.74, 6) is -0.848. The quantitative estimate of drug-likeness (QED) is 0.625. The predicted octanol–water partition coefficient (Wildman–Crippen LogP) is 0.640. The Hall–Kier alpha value is -1.10. The van der Waals surface area contributed by atoms with Crippen molar-refractivity contribution in [2.24, 2.45) is 5.92 Å². The van der Waals surface area contributed by atoms with Crippen LogP contribution in [0.15, 0.2) is 0 Å². The van der Waals surface area contributed by atoms with E-state index >= 15 is 0 Å². The number of carboxylic acids is 1. The van der Waals surface area contributed by atoms with Gasteiger partial charge in [-0.15, -0.1) is 0 Å². The van der Waals surface area contributed by atoms with Crippen molar-refractivity contribution in [2.75, 3.05) is 19.8 Å². The first-order valence-electron chi connectivity index (χ1n) is 5.16. The second-order valence-corrected chi connectivity index (χ2v) is 3.37. The van der Waals surface area contributed by atoms with Crippen LogP contribution in [0.5, 0.6) is 0 Å². The molecule has 1 amide bonds. The highest BCUT2D eigenvalue weighted by molar-refractivity contribution is 5.77. The van der Waals surface area contributed by atoms with Gasteiger partial charge in [0, 0.05) is 6.54 Å². The molecule has 0 aromatic carbocycles. The number of amides is 1. The summed E-state index contributed by atoms with van der Waals surface area (Å²) in [7, 11) is 0. The number of rotatable bonds is 8. The van der Waals surface area contributed by atoms with Crippen LogP contribution in [0.1, 0.15) is 26.7 Å². The van der Waals surface area contributed by atoms with Gasteiger partial charge in [0.2, 0.25) is 5.91 Å². The van der Waals surface area contributed by atoms with E-state index in [1.807, 2.05) is 0 Å². The molecule has 15 heavy (non-hydrogen) atoms. The lowest BCUT2D eigenvalue weighted by Crippen LogP contribution is -2.32. The summed E-state index contributed by atoms with van der Waals surface area (Å²) in [5, 5.41) is 11.0. The maximum atomic E-state index is 11.1. The molecule has 0 unspecified atom stereocenters. The van der Waals surface area contributed by atoms with E-state index in [0.717, 1.165) is 12.8 Å². The number of ether oxygens (including phenoxy) is 1. The molecule has 0 aromatic rings. The summed E-state index contributed by atoms with van der Waals surface area (Å²) in [6.07, 6.45) is 2.04. The van der Waals surface area contributed by atoms with Crippen LogP contribution in [0.4, 0.5) is 0 Å². The molecular weight excluding hydrogens is 198 g/mol. The normalized spacial score (nSPS) is 10.3. The lowest BCUT2D eigenvalue weighted by molar-refractivity contribution is -0.143. The number of aliphatic carboxylic acids is 1. The zero-order chi connectivity index (χ0) is 11.7. The van der Waals surface area contributed by atoms with Gasteiger partial charge in [-0.05, 0) is 5.92 Å². The molecule has 0 spiro atoms. The van der Waals surface area contributed by atoms with Crippen molar-refractivity contribution in [1.29, 1.82) is 0 Å². The molecule has 0 radical (unpaired) electrons. The molecule has 0 saturated heterocycles. The lowest BCUT2D eigenvalue weighted by Gasteiger charge is -2.12. The zero-order valence-corrected chi connectivity index (χ0v) is 9.28. The predicted molar refractivity (Wildman–Crippen MR) is 55.5 cm³/mol. The smallest absolute Gasteiger partial charge is 0.329 e. The van der Waals surface area contributed by atoms with Gasteiger partial charge in [-0.3, -0.25) is 4.79 Å². The monoisotopic (exact) mass is 217 g/mol. The van der Waals surface area contributed by atoms with E-state index in [4.69, 9.17) is 5.11 Å². The van der Waals surface area contributed by atoms with E-state index < -0.39 is 12.6 Å². The average molecular weight is 217 g/mol. The lowest BCUT2D eigenvalue weighted by atomic mass is 10.0. The fraction of sp³-hybridized carbons (Fsp3) is 0.800. The number of carbonyl (C=O) groups is 2. The van der Waals surface area contributed by atoms with E-state index in [9.17, 15) is 9.59 Å². The number of hydrogen-bond donors (Lipinski definition) is 2. The van der Waals surface area contributed by atoms with Crippen molar-refractivity contribution < 1.29 is 19.4 Å². The molecular formula is C10H19NO4. The molecule has 0 aliphatic rings. The van der Waals surface area contributed by atoms with Gasteiger partial charge >= 0.3 is 5.97 Å². The highest BCUT2D eigenvalue weighted by Gasteiger charge is 2.07. The molecule has 0 atom stereocenters. The van der Waals surface area contributed by atoms with E-state index in [2.05, 4.69) is 23.9 Å². The summed E-state index contributed by atoms with van der Waals surface area (Å²) in [6, 6.07) is 0. The Kier molecular flexibility index (Phi) is 7.62. The van der Waals surface area contributed by atoms with Gasteiger partial charge in [0.25, 0.3) is 0 Å². The third-order valence-electron chi connectivity index (χ3n) is 2.20. The van der Waals surface area contributed by atoms with Crippen molar-refractivity contribution >= 4 is 11.9 Å². The van der Waals surface area contributed by atoms with E-state index in [0.29, 0.717) is 12.5 Å². The summed E-state index contributed by atoms with van der Waals surface area (Å²) in [5.41, 5.74) is 0. The number of hydrogen-bond acceptors (Lipinski definition) is 3. The van der Waals surface area contributed by atoms with E-state index in [1.165, 1.54) is 0 Å². The van der Waals surface area contributed by atoms with Gasteiger partial charge < -0.3 is 15.2 Å². The fourth-order valence-electron chi connectivity index (χ4n) is 1.12. The largest absolute Gasteiger partial charge is 0.480 e. The number of carboxylic acid groups (broad SMARTS) is 1. The zero-order valence-electron chi connectivity index (χ0n) is 9.28. The van der Waals surface area contributed by atoms with Crippen LogP contribution in [-0.2, 0) is 14.3 Å². The van der Waals surface area contributed by atoms with Crippen LogP contribution in [0.25, 0.3) is 0 Å². The summed E-state index contributed by atoms with van der Waals surface area (Å²) < 4.78 is 4.64. The molecule has 5 nitrogen and oxygen atoms in total. The molecule has 0 fully saturated rings. The van der Waals surface area contributed by atoms with Crippen LogP contribution >= 0.6 is 0 Å². The van der Waals surface area contributed by atoms with Gasteiger partial charge in [-0.1, -0.05) is 26.7 Å². The molecule has 88 valence electrons. The first-order valence-corrected chi connectivity index (χ1v) is 5.16. The van der Waals surface area contributed by atoms with Crippen LogP contribution in [0.2, 0.25) is 0 Å². The third kappa shape index (κ3) is 7.93. The minimum atomic E-state index is -1.07. The van der Waals surface area contributed by atoms with E-state index in [-0.39, 0.29) is 12.5 Å². The first-order chi connectivity index (χ1) is 7.10. The Morgan fingerprint density at radius 3 is 2.33 bits per heavy atom. The van der Waals surface area contributed by atoms with E-state index in [1.54, 1.807) is 0 Å². The maximum Gasteiger partial charge on any atom is 0.329 e. The van der Waals surface area contributed by atoms with Crippen molar-refractivity contribution in [1.82, 2.24) is 5.32 Å². The molecule has 0 aromatic heterocycles. The SMILES string of the molecule is CCC(CC)CNC(=O)COCC(=O)O. The molecule has 0 rings (SSSR count). The van der Waals surface area contributed by atoms with Crippen LogP contribution in [0, 0.1) is 5.92 Å². The molecule has 5 heteroatoms. The van der Waals surface area contributed by atoms with Gasteiger partial charge in [-0.25, -0.2) is 4.79 Å². The van der Waals surface area contributed by atoms with Gasteiger partial charge in [-0.2, -0.15) is 0 Å². The maximum absolute atomic E-state index is 11.1.